The summed E-state index contributed by atoms with van der Waals surface area (Å²) in [6.45, 7) is 4.17. The van der Waals surface area contributed by atoms with E-state index in [4.69, 9.17) is 10.5 Å². The quantitative estimate of drug-likeness (QED) is 0.0720. The van der Waals surface area contributed by atoms with Gasteiger partial charge in [0, 0.05) is 99.1 Å². The highest BCUT2D eigenvalue weighted by molar-refractivity contribution is 6.01. The van der Waals surface area contributed by atoms with Gasteiger partial charge >= 0.3 is 5.97 Å². The third-order valence-electron chi connectivity index (χ3n) is 18.7. The molecule has 106 heavy (non-hydrogen) atoms. The smallest absolute Gasteiger partial charge is 0.305 e. The third-order valence-corrected chi connectivity index (χ3v) is 18.7. The molecule has 33 heteroatoms. The number of hydrogen-bond acceptors (Lipinski definition) is 15. The van der Waals surface area contributed by atoms with Crippen molar-refractivity contribution in [2.45, 2.75) is 165 Å². The monoisotopic (exact) mass is 1460 g/mol. The first-order valence-corrected chi connectivity index (χ1v) is 34.6. The summed E-state index contributed by atoms with van der Waals surface area (Å²) in [6.07, 6.45) is 3.34. The number of carbonyl (C=O) groups is 13. The lowest BCUT2D eigenvalue weighted by Crippen LogP contribution is -2.63. The Hall–Kier alpha value is -12.1. The van der Waals surface area contributed by atoms with Crippen molar-refractivity contribution < 1.29 is 81.0 Å². The average molecular weight is 1470 g/mol. The summed E-state index contributed by atoms with van der Waals surface area (Å²) < 4.78 is 35.3. The number of methoxy groups -OCH3 is 1. The number of nitrogens with two attached hydrogens (primary N) is 1. The van der Waals surface area contributed by atoms with Gasteiger partial charge in [-0.05, 0) is 129 Å². The van der Waals surface area contributed by atoms with Crippen molar-refractivity contribution in [3.63, 3.8) is 0 Å². The summed E-state index contributed by atoms with van der Waals surface area (Å²) in [5, 5.41) is 37.2. The van der Waals surface area contributed by atoms with Crippen molar-refractivity contribution in [1.82, 2.24) is 78.0 Å². The maximum absolute atomic E-state index is 15.3. The topological polar surface area (TPSA) is 461 Å². The van der Waals surface area contributed by atoms with E-state index in [1.165, 1.54) is 88.0 Å². The molecule has 0 spiro atoms. The Labute approximate surface area is 606 Å². The van der Waals surface area contributed by atoms with Gasteiger partial charge in [0.1, 0.15) is 71.3 Å². The number of aliphatic carboxylic acids is 1. The van der Waals surface area contributed by atoms with E-state index >= 15 is 23.6 Å². The molecule has 31 nitrogen and oxygen atoms in total. The van der Waals surface area contributed by atoms with Gasteiger partial charge in [-0.3, -0.25) is 62.3 Å². The molecule has 16 N–H and O–H groups in total. The Morgan fingerprint density at radius 2 is 1.22 bits per heavy atom. The van der Waals surface area contributed by atoms with E-state index in [2.05, 4.69) is 73.1 Å². The molecule has 3 aliphatic heterocycles. The first-order valence-electron chi connectivity index (χ1n) is 34.6. The fourth-order valence-electron chi connectivity index (χ4n) is 12.8. The summed E-state index contributed by atoms with van der Waals surface area (Å²) >= 11 is 0. The third kappa shape index (κ3) is 21.1. The van der Waals surface area contributed by atoms with Crippen molar-refractivity contribution >= 4 is 98.7 Å². The van der Waals surface area contributed by atoms with Crippen molar-refractivity contribution in [2.24, 2.45) is 5.73 Å². The number of rotatable bonds is 13. The number of carboxylic acids is 1. The minimum absolute atomic E-state index is 0.00976. The number of hydrogen-bond donors (Lipinski definition) is 15. The lowest BCUT2D eigenvalue weighted by molar-refractivity contribution is -0.147. The summed E-state index contributed by atoms with van der Waals surface area (Å²) in [4.78, 5) is 197. The molecule has 0 aliphatic carbocycles. The van der Waals surface area contributed by atoms with E-state index in [0.29, 0.717) is 51.7 Å². The number of aromatic nitrogens is 4. The number of halogens is 2. The van der Waals surface area contributed by atoms with Crippen LogP contribution in [-0.4, -0.2) is 181 Å². The number of amides is 12. The number of imidazole rings is 1. The van der Waals surface area contributed by atoms with Crippen molar-refractivity contribution in [3.05, 3.63) is 155 Å². The molecule has 7 aromatic rings. The molecule has 2 bridgehead atoms. The Balaban J connectivity index is 1.05. The lowest BCUT2D eigenvalue weighted by atomic mass is 9.94. The van der Waals surface area contributed by atoms with Crippen molar-refractivity contribution in [2.75, 3.05) is 20.2 Å². The summed E-state index contributed by atoms with van der Waals surface area (Å²) in [5.74, 6) is -12.9. The highest BCUT2D eigenvalue weighted by Gasteiger charge is 2.49. The van der Waals surface area contributed by atoms with Crippen molar-refractivity contribution in [1.29, 1.82) is 0 Å². The number of primary amides is 1. The van der Waals surface area contributed by atoms with Gasteiger partial charge in [-0.25, -0.2) is 13.8 Å². The Morgan fingerprint density at radius 1 is 0.642 bits per heavy atom. The molecule has 12 amide bonds. The van der Waals surface area contributed by atoms with Crippen LogP contribution in [0.4, 0.5) is 8.78 Å². The van der Waals surface area contributed by atoms with Crippen LogP contribution in [0, 0.1) is 11.6 Å². The minimum Gasteiger partial charge on any atom is -0.497 e. The zero-order valence-corrected chi connectivity index (χ0v) is 58.7. The molecule has 0 radical (unpaired) electrons. The van der Waals surface area contributed by atoms with Gasteiger partial charge in [0.25, 0.3) is 0 Å². The highest BCUT2D eigenvalue weighted by Crippen LogP contribution is 2.32. The molecule has 0 unspecified atom stereocenters. The van der Waals surface area contributed by atoms with Gasteiger partial charge in [0.15, 0.2) is 0 Å². The molecule has 1 fully saturated rings. The normalized spacial score (nSPS) is 23.1. The van der Waals surface area contributed by atoms with Crippen LogP contribution in [0.25, 0.3) is 21.8 Å². The second-order valence-corrected chi connectivity index (χ2v) is 26.6. The SMILES string of the molecule is COc1ccc(C[C@@H]2NC(=O)[C@H](Cc3c[nH]cn3)NC(=O)[C@H](CC(=O)O)NC(=O)[C@H](Cc3c[nH]c4ccc(F)cc34)NC(=O)[C@H](Cc3c[nH]c4ccc(F)cc34)NC(=O)[C@@H](C)NC(=O)[C@H](NC(C)=O)CCCCNC(=O)Cc3ccc(cc3)CNC(=O)CC[C@@H](C(N)=O)NC(=O)[C@]3(C)CCCN3C2=O)cc1. The van der Waals surface area contributed by atoms with Crippen LogP contribution in [0.1, 0.15) is 106 Å². The number of carbonyl (C=O) groups excluding carboxylic acids is 12. The fraction of sp³-hybridized carbons (Fsp3) is 0.397. The first-order chi connectivity index (χ1) is 50.6. The molecule has 3 aromatic heterocycles. The predicted octanol–water partition coefficient (Wildman–Crippen LogP) is 1.13. The Kier molecular flexibility index (Phi) is 26.4. The highest BCUT2D eigenvalue weighted by atomic mass is 19.1. The maximum Gasteiger partial charge on any atom is 0.305 e. The molecule has 6 heterocycles. The molecule has 10 rings (SSSR count). The van der Waals surface area contributed by atoms with Crippen LogP contribution in [0.3, 0.4) is 0 Å². The Bertz CT molecular complexity index is 4400. The van der Waals surface area contributed by atoms with E-state index in [-0.39, 0.29) is 92.7 Å². The van der Waals surface area contributed by atoms with Gasteiger partial charge in [0.05, 0.1) is 32.0 Å². The van der Waals surface area contributed by atoms with Crippen molar-refractivity contribution in [3.8, 4) is 5.75 Å². The molecule has 1 saturated heterocycles. The van der Waals surface area contributed by atoms with Gasteiger partial charge in [-0.1, -0.05) is 36.4 Å². The average Bonchev–Trinajstić information content (AvgIpc) is 1.60. The van der Waals surface area contributed by atoms with E-state index in [9.17, 15) is 52.6 Å². The van der Waals surface area contributed by atoms with Crippen LogP contribution in [-0.2, 0) is 101 Å². The van der Waals surface area contributed by atoms with E-state index in [1.54, 1.807) is 48.5 Å². The molecule has 0 saturated carbocycles. The molecule has 562 valence electrons. The number of nitrogens with one attached hydrogen (secondary N) is 13. The van der Waals surface area contributed by atoms with Crippen LogP contribution in [0.5, 0.6) is 5.75 Å². The molecular formula is C73H86F2N16O15. The number of fused-ring (bicyclic) bond motifs is 37. The minimum atomic E-state index is -2.07. The number of ether oxygens (including phenoxy) is 1. The molecule has 3 aliphatic rings. The van der Waals surface area contributed by atoms with Gasteiger partial charge < -0.3 is 88.6 Å². The van der Waals surface area contributed by atoms with E-state index in [0.717, 1.165) is 6.07 Å². The van der Waals surface area contributed by atoms with E-state index < -0.39 is 162 Å². The number of nitrogens with zero attached hydrogens (tertiary/aromatic N) is 2. The number of benzene rings is 4. The lowest BCUT2D eigenvalue weighted by Gasteiger charge is -2.37. The van der Waals surface area contributed by atoms with Crippen LogP contribution in [0.2, 0.25) is 0 Å². The van der Waals surface area contributed by atoms with Crippen LogP contribution >= 0.6 is 0 Å². The molecule has 4 aromatic carbocycles. The fourth-order valence-corrected chi connectivity index (χ4v) is 12.8. The zero-order chi connectivity index (χ0) is 76.4. The predicted molar refractivity (Wildman–Crippen MR) is 379 cm³/mol. The zero-order valence-electron chi connectivity index (χ0n) is 58.7. The summed E-state index contributed by atoms with van der Waals surface area (Å²) in [5.41, 5.74) is 7.42. The van der Waals surface area contributed by atoms with Crippen LogP contribution < -0.4 is 63.6 Å². The Morgan fingerprint density at radius 3 is 1.79 bits per heavy atom. The summed E-state index contributed by atoms with van der Waals surface area (Å²) in [7, 11) is 1.44. The number of aromatic amines is 3. The second-order valence-electron chi connectivity index (χ2n) is 26.6. The summed E-state index contributed by atoms with van der Waals surface area (Å²) in [6, 6.07) is 7.98. The van der Waals surface area contributed by atoms with E-state index in [1.807, 2.05) is 0 Å². The standard InChI is InChI=1S/C73H86F2N16O15/c1-39-65(98)85-56(28-44-35-79-52-19-15-46(74)30-50(44)52)67(100)86-57(29-45-36-80-53-20-16-47(75)31-51(45)53)68(101)88-59(33-63(95)96)70(103)87-58(32-48-37-77-38-82-48)69(102)89-60(26-41-13-17-49(106-4)18-14-41)71(104)91-25-7-23-73(91,3)72(105)90-54(64(76)97)21-22-61(93)81-34-43-11-9-42(10-12-43)27-62(94)78-24-6-5-8-55(66(99)83-39)84-40(2)92/h9-20,30-31,35-39,54-60,79-80H,5-8,21-29,32-34H2,1-4H3,(H2,76,97)(H,77,82)(H,78,94)(H,81,93)(H,83,99)(H,84,92)(H,85,98)(H,86,100)(H,87,103)(H,88,101)(H,89,102)(H,90,105)(H,95,96)/t39-,54+,55-,56+,57+,58+,59+,60+,73+/m1/s1. The molecule has 9 atom stereocenters. The first kappa shape index (κ1) is 78.1. The maximum atomic E-state index is 15.3. The van der Waals surface area contributed by atoms with Gasteiger partial charge in [0.2, 0.25) is 70.9 Å². The van der Waals surface area contributed by atoms with Gasteiger partial charge in [-0.15, -0.1) is 0 Å². The second kappa shape index (κ2) is 35.9. The number of carboxylic acid groups (broad SMARTS) is 1. The largest absolute Gasteiger partial charge is 0.497 e. The van der Waals surface area contributed by atoms with Crippen LogP contribution in [0.15, 0.2) is 110 Å². The molecular weight excluding hydrogens is 1380 g/mol. The van der Waals surface area contributed by atoms with Gasteiger partial charge in [-0.2, -0.15) is 0 Å². The number of H-pyrrole nitrogens is 3.